The Morgan fingerprint density at radius 2 is 1.67 bits per heavy atom. The summed E-state index contributed by atoms with van der Waals surface area (Å²) in [5.41, 5.74) is 0.564. The fourth-order valence-corrected chi connectivity index (χ4v) is 1.22. The average molecular weight is 204 g/mol. The van der Waals surface area contributed by atoms with E-state index in [1.165, 1.54) is 26.0 Å². The number of phenolic OH excluding ortho intramolecular Hbond substituents is 1. The molecule has 1 N–H and O–H groups in total. The van der Waals surface area contributed by atoms with Crippen LogP contribution < -0.4 is 0 Å². The molecule has 0 saturated heterocycles. The van der Waals surface area contributed by atoms with Gasteiger partial charge in [0.15, 0.2) is 11.6 Å². The molecule has 0 aliphatic rings. The molecule has 0 aliphatic heterocycles. The minimum Gasteiger partial charge on any atom is -0.507 e. The lowest BCUT2D eigenvalue weighted by Gasteiger charge is -2.01. The van der Waals surface area contributed by atoms with E-state index in [-0.39, 0.29) is 22.9 Å². The molecule has 15 heavy (non-hydrogen) atoms. The first-order valence-corrected chi connectivity index (χ1v) is 4.54. The molecule has 0 radical (unpaired) electrons. The molecule has 0 saturated carbocycles. The van der Waals surface area contributed by atoms with Crippen molar-refractivity contribution in [3.8, 4) is 5.75 Å². The van der Waals surface area contributed by atoms with Crippen LogP contribution >= 0.6 is 0 Å². The van der Waals surface area contributed by atoms with Gasteiger partial charge < -0.3 is 5.11 Å². The van der Waals surface area contributed by atoms with Crippen LogP contribution in [-0.2, 0) is 9.59 Å². The molecule has 1 rings (SSSR count). The third-order valence-corrected chi connectivity index (χ3v) is 2.00. The number of phenols is 1. The van der Waals surface area contributed by atoms with E-state index < -0.39 is 0 Å². The summed E-state index contributed by atoms with van der Waals surface area (Å²) in [6.07, 6.45) is 1.40. The number of Topliss-reactive ketones (excluding diaryl/α,β-unsaturated/α-hetero) is 2. The zero-order valence-corrected chi connectivity index (χ0v) is 8.65. The predicted molar refractivity (Wildman–Crippen MR) is 57.4 cm³/mol. The topological polar surface area (TPSA) is 54.4 Å². The fourth-order valence-electron chi connectivity index (χ4n) is 1.22. The maximum Gasteiger partial charge on any atom is 0.163 e. The number of ketones is 2. The lowest BCUT2D eigenvalue weighted by atomic mass is 10.0. The summed E-state index contributed by atoms with van der Waals surface area (Å²) < 4.78 is 0. The van der Waals surface area contributed by atoms with E-state index in [4.69, 9.17) is 0 Å². The number of para-hydroxylation sites is 1. The van der Waals surface area contributed by atoms with Crippen molar-refractivity contribution in [2.75, 3.05) is 0 Å². The first-order valence-electron chi connectivity index (χ1n) is 4.54. The third kappa shape index (κ3) is 2.77. The summed E-state index contributed by atoms with van der Waals surface area (Å²) in [5, 5.41) is 9.46. The fraction of sp³-hybridized carbons (Fsp3) is 0.167. The molecule has 0 unspecified atom stereocenters. The average Bonchev–Trinajstić information content (AvgIpc) is 2.15. The smallest absolute Gasteiger partial charge is 0.163 e. The molecular weight excluding hydrogens is 192 g/mol. The van der Waals surface area contributed by atoms with Crippen LogP contribution in [0.4, 0.5) is 0 Å². The van der Waals surface area contributed by atoms with Crippen LogP contribution in [0.25, 0.3) is 6.08 Å². The minimum absolute atomic E-state index is 0.0532. The van der Waals surface area contributed by atoms with Crippen molar-refractivity contribution in [1.82, 2.24) is 0 Å². The van der Waals surface area contributed by atoms with Crippen molar-refractivity contribution in [2.45, 2.75) is 13.8 Å². The molecule has 0 aliphatic carbocycles. The van der Waals surface area contributed by atoms with Crippen molar-refractivity contribution in [1.29, 1.82) is 0 Å². The molecule has 0 bridgehead atoms. The largest absolute Gasteiger partial charge is 0.507 e. The van der Waals surface area contributed by atoms with E-state index in [0.29, 0.717) is 5.56 Å². The van der Waals surface area contributed by atoms with E-state index in [9.17, 15) is 14.7 Å². The molecule has 0 heterocycles. The second kappa shape index (κ2) is 4.55. The van der Waals surface area contributed by atoms with Gasteiger partial charge in [0.2, 0.25) is 0 Å². The van der Waals surface area contributed by atoms with E-state index in [1.807, 2.05) is 0 Å². The zero-order chi connectivity index (χ0) is 11.4. The highest BCUT2D eigenvalue weighted by Gasteiger charge is 2.10. The van der Waals surface area contributed by atoms with Crippen LogP contribution in [0.1, 0.15) is 19.4 Å². The molecule has 0 aromatic heterocycles. The van der Waals surface area contributed by atoms with Gasteiger partial charge in [-0.1, -0.05) is 18.2 Å². The number of aromatic hydroxyl groups is 1. The van der Waals surface area contributed by atoms with Crippen LogP contribution in [0.15, 0.2) is 29.8 Å². The number of benzene rings is 1. The highest BCUT2D eigenvalue weighted by molar-refractivity contribution is 6.21. The summed E-state index contributed by atoms with van der Waals surface area (Å²) in [6, 6.07) is 6.54. The van der Waals surface area contributed by atoms with Gasteiger partial charge in [0, 0.05) is 5.56 Å². The van der Waals surface area contributed by atoms with Gasteiger partial charge in [0.1, 0.15) is 5.75 Å². The van der Waals surface area contributed by atoms with Gasteiger partial charge in [0.25, 0.3) is 0 Å². The summed E-state index contributed by atoms with van der Waals surface area (Å²) in [5.74, 6) is -0.547. The second-order valence-electron chi connectivity index (χ2n) is 3.23. The normalized spacial score (nSPS) is 9.47. The molecular formula is C12H12O3. The quantitative estimate of drug-likeness (QED) is 0.465. The summed E-state index contributed by atoms with van der Waals surface area (Å²) in [6.45, 7) is 2.65. The summed E-state index contributed by atoms with van der Waals surface area (Å²) in [4.78, 5) is 22.3. The van der Waals surface area contributed by atoms with Crippen molar-refractivity contribution in [3.63, 3.8) is 0 Å². The Morgan fingerprint density at radius 1 is 1.13 bits per heavy atom. The monoisotopic (exact) mass is 204 g/mol. The van der Waals surface area contributed by atoms with E-state index in [1.54, 1.807) is 18.2 Å². The first-order chi connectivity index (χ1) is 7.02. The van der Waals surface area contributed by atoms with Gasteiger partial charge >= 0.3 is 0 Å². The maximum absolute atomic E-state index is 11.1. The van der Waals surface area contributed by atoms with Gasteiger partial charge in [-0.2, -0.15) is 0 Å². The Hall–Kier alpha value is -1.90. The van der Waals surface area contributed by atoms with Crippen LogP contribution in [0.2, 0.25) is 0 Å². The van der Waals surface area contributed by atoms with Gasteiger partial charge in [-0.3, -0.25) is 9.59 Å². The number of rotatable bonds is 3. The molecule has 3 heteroatoms. The molecule has 0 fully saturated rings. The molecule has 0 amide bonds. The summed E-state index contributed by atoms with van der Waals surface area (Å²) in [7, 11) is 0. The van der Waals surface area contributed by atoms with Crippen LogP contribution in [0.3, 0.4) is 0 Å². The maximum atomic E-state index is 11.1. The second-order valence-corrected chi connectivity index (χ2v) is 3.23. The summed E-state index contributed by atoms with van der Waals surface area (Å²) >= 11 is 0. The Balaban J connectivity index is 3.19. The van der Waals surface area contributed by atoms with Gasteiger partial charge in [-0.25, -0.2) is 0 Å². The molecule has 1 aromatic rings. The standard InChI is InChI=1S/C12H12O3/c1-8(13)11(9(2)14)7-10-5-3-4-6-12(10)15/h3-7,15H,1-2H3. The zero-order valence-electron chi connectivity index (χ0n) is 8.65. The van der Waals surface area contributed by atoms with E-state index >= 15 is 0 Å². The van der Waals surface area contributed by atoms with Crippen molar-refractivity contribution in [3.05, 3.63) is 35.4 Å². The van der Waals surface area contributed by atoms with Gasteiger partial charge in [0.05, 0.1) is 5.57 Å². The molecule has 0 spiro atoms. The third-order valence-electron chi connectivity index (χ3n) is 2.00. The Morgan fingerprint density at radius 3 is 2.13 bits per heavy atom. The van der Waals surface area contributed by atoms with Gasteiger partial charge in [-0.05, 0) is 26.0 Å². The number of hydrogen-bond acceptors (Lipinski definition) is 3. The number of carbonyl (C=O) groups excluding carboxylic acids is 2. The first kappa shape index (κ1) is 11.2. The molecule has 78 valence electrons. The van der Waals surface area contributed by atoms with Crippen molar-refractivity contribution >= 4 is 17.6 Å². The lowest BCUT2D eigenvalue weighted by Crippen LogP contribution is -2.05. The van der Waals surface area contributed by atoms with Crippen molar-refractivity contribution in [2.24, 2.45) is 0 Å². The van der Waals surface area contributed by atoms with Gasteiger partial charge in [-0.15, -0.1) is 0 Å². The van der Waals surface area contributed by atoms with E-state index in [2.05, 4.69) is 0 Å². The lowest BCUT2D eigenvalue weighted by molar-refractivity contribution is -0.119. The molecule has 1 aromatic carbocycles. The molecule has 0 atom stereocenters. The Labute approximate surface area is 88.0 Å². The Bertz CT molecular complexity index is 414. The minimum atomic E-state index is -0.300. The molecule has 3 nitrogen and oxygen atoms in total. The number of carbonyl (C=O) groups is 2. The number of allylic oxidation sites excluding steroid dienone is 1. The SMILES string of the molecule is CC(=O)C(=Cc1ccccc1O)C(C)=O. The highest BCUT2D eigenvalue weighted by atomic mass is 16.3. The predicted octanol–water partition coefficient (Wildman–Crippen LogP) is 1.95. The van der Waals surface area contributed by atoms with Crippen LogP contribution in [0, 0.1) is 0 Å². The van der Waals surface area contributed by atoms with Crippen molar-refractivity contribution < 1.29 is 14.7 Å². The van der Waals surface area contributed by atoms with E-state index in [0.717, 1.165) is 0 Å². The van der Waals surface area contributed by atoms with Crippen LogP contribution in [0.5, 0.6) is 5.75 Å². The number of hydrogen-bond donors (Lipinski definition) is 1. The van der Waals surface area contributed by atoms with Crippen LogP contribution in [-0.4, -0.2) is 16.7 Å². The highest BCUT2D eigenvalue weighted by Crippen LogP contribution is 2.19. The Kier molecular flexibility index (Phi) is 3.39.